The molecule has 0 saturated carbocycles. The van der Waals surface area contributed by atoms with Crippen LogP contribution in [0.15, 0.2) is 47.5 Å². The van der Waals surface area contributed by atoms with Crippen molar-refractivity contribution in [2.75, 3.05) is 24.7 Å². The molecule has 22 heavy (non-hydrogen) atoms. The fourth-order valence-electron chi connectivity index (χ4n) is 2.66. The van der Waals surface area contributed by atoms with Crippen LogP contribution in [-0.4, -0.2) is 30.7 Å². The Morgan fingerprint density at radius 2 is 2.09 bits per heavy atom. The van der Waals surface area contributed by atoms with Crippen molar-refractivity contribution in [3.05, 3.63) is 53.7 Å². The average molecular weight is 313 g/mol. The van der Waals surface area contributed by atoms with E-state index in [1.165, 1.54) is 10.5 Å². The van der Waals surface area contributed by atoms with Crippen LogP contribution in [-0.2, 0) is 0 Å². The zero-order chi connectivity index (χ0) is 15.5. The fraction of sp³-hybridized carbons (Fsp3) is 0.294. The van der Waals surface area contributed by atoms with E-state index in [4.69, 9.17) is 0 Å². The zero-order valence-corrected chi connectivity index (χ0v) is 13.6. The predicted octanol–water partition coefficient (Wildman–Crippen LogP) is 3.11. The quantitative estimate of drug-likeness (QED) is 0.946. The highest BCUT2D eigenvalue weighted by Crippen LogP contribution is 2.36. The number of aromatic nitrogens is 1. The first-order valence-electron chi connectivity index (χ1n) is 7.32. The van der Waals surface area contributed by atoms with Crippen LogP contribution in [0.4, 0.5) is 5.82 Å². The topological polar surface area (TPSA) is 45.2 Å². The van der Waals surface area contributed by atoms with Gasteiger partial charge in [0, 0.05) is 30.9 Å². The van der Waals surface area contributed by atoms with Gasteiger partial charge in [-0.1, -0.05) is 18.2 Å². The summed E-state index contributed by atoms with van der Waals surface area (Å²) in [5.41, 5.74) is 1.82. The molecule has 2 aromatic rings. The highest BCUT2D eigenvalue weighted by molar-refractivity contribution is 7.99. The van der Waals surface area contributed by atoms with Crippen LogP contribution in [0.3, 0.4) is 0 Å². The lowest BCUT2D eigenvalue weighted by Gasteiger charge is -2.26. The summed E-state index contributed by atoms with van der Waals surface area (Å²) in [5, 5.41) is 3.17. The Labute approximate surface area is 134 Å². The highest BCUT2D eigenvalue weighted by atomic mass is 32.2. The summed E-state index contributed by atoms with van der Waals surface area (Å²) in [7, 11) is 3.79. The molecule has 1 aliphatic heterocycles. The molecule has 0 fully saturated rings. The fourth-order valence-corrected chi connectivity index (χ4v) is 3.78. The number of amides is 1. The molecule has 1 amide bonds. The van der Waals surface area contributed by atoms with E-state index >= 15 is 0 Å². The number of pyridine rings is 1. The van der Waals surface area contributed by atoms with Crippen molar-refractivity contribution in [2.24, 2.45) is 0 Å². The van der Waals surface area contributed by atoms with E-state index in [9.17, 15) is 4.79 Å². The van der Waals surface area contributed by atoms with Crippen molar-refractivity contribution in [3.63, 3.8) is 0 Å². The van der Waals surface area contributed by atoms with Gasteiger partial charge in [-0.25, -0.2) is 4.98 Å². The molecule has 1 atom stereocenters. The Hall–Kier alpha value is -2.01. The summed E-state index contributed by atoms with van der Waals surface area (Å²) in [6.45, 7) is 0. The molecule has 1 aliphatic rings. The van der Waals surface area contributed by atoms with E-state index in [1.54, 1.807) is 12.3 Å². The highest BCUT2D eigenvalue weighted by Gasteiger charge is 2.23. The van der Waals surface area contributed by atoms with Crippen LogP contribution >= 0.6 is 11.8 Å². The molecule has 0 bridgehead atoms. The minimum Gasteiger partial charge on any atom is -0.362 e. The first-order chi connectivity index (χ1) is 10.7. The van der Waals surface area contributed by atoms with Crippen molar-refractivity contribution in [2.45, 2.75) is 17.4 Å². The number of nitrogens with one attached hydrogen (secondary N) is 1. The summed E-state index contributed by atoms with van der Waals surface area (Å²) in [6, 6.07) is 12.0. The SMILES string of the molecule is CN(C)c1ncccc1C(=O)N[C@@H]1CCSc2ccccc21. The van der Waals surface area contributed by atoms with Crippen LogP contribution in [0.1, 0.15) is 28.4 Å². The van der Waals surface area contributed by atoms with Crippen molar-refractivity contribution in [1.82, 2.24) is 10.3 Å². The van der Waals surface area contributed by atoms with Crippen molar-refractivity contribution >= 4 is 23.5 Å². The Morgan fingerprint density at radius 1 is 1.27 bits per heavy atom. The van der Waals surface area contributed by atoms with Crippen molar-refractivity contribution in [3.8, 4) is 0 Å². The van der Waals surface area contributed by atoms with Gasteiger partial charge in [0.2, 0.25) is 0 Å². The number of carbonyl (C=O) groups is 1. The summed E-state index contributed by atoms with van der Waals surface area (Å²) in [5.74, 6) is 1.65. The number of benzene rings is 1. The molecule has 0 spiro atoms. The number of hydrogen-bond acceptors (Lipinski definition) is 4. The molecule has 5 heteroatoms. The molecular weight excluding hydrogens is 294 g/mol. The normalized spacial score (nSPS) is 16.7. The number of nitrogens with zero attached hydrogens (tertiary/aromatic N) is 2. The third-order valence-electron chi connectivity index (χ3n) is 3.72. The first kappa shape index (κ1) is 14.9. The first-order valence-corrected chi connectivity index (χ1v) is 8.30. The Morgan fingerprint density at radius 3 is 2.91 bits per heavy atom. The molecule has 0 saturated heterocycles. The number of thioether (sulfide) groups is 1. The molecule has 3 rings (SSSR count). The number of fused-ring (bicyclic) bond motifs is 1. The van der Waals surface area contributed by atoms with E-state index < -0.39 is 0 Å². The van der Waals surface area contributed by atoms with E-state index in [1.807, 2.05) is 49.0 Å². The minimum absolute atomic E-state index is 0.0662. The smallest absolute Gasteiger partial charge is 0.255 e. The molecule has 1 aromatic heterocycles. The van der Waals surface area contributed by atoms with Gasteiger partial charge >= 0.3 is 0 Å². The lowest BCUT2D eigenvalue weighted by molar-refractivity contribution is 0.0935. The molecule has 0 aliphatic carbocycles. The van der Waals surface area contributed by atoms with Gasteiger partial charge in [-0.05, 0) is 30.2 Å². The second-order valence-electron chi connectivity index (χ2n) is 5.47. The molecule has 1 aromatic carbocycles. The molecule has 4 nitrogen and oxygen atoms in total. The maximum atomic E-state index is 12.7. The second kappa shape index (κ2) is 6.40. The minimum atomic E-state index is -0.0662. The van der Waals surface area contributed by atoms with Gasteiger partial charge in [0.05, 0.1) is 11.6 Å². The van der Waals surface area contributed by atoms with Crippen LogP contribution in [0.2, 0.25) is 0 Å². The maximum absolute atomic E-state index is 12.7. The third kappa shape index (κ3) is 2.95. The van der Waals surface area contributed by atoms with Gasteiger partial charge in [-0.2, -0.15) is 0 Å². The lowest BCUT2D eigenvalue weighted by atomic mass is 10.0. The van der Waals surface area contributed by atoms with Crippen LogP contribution < -0.4 is 10.2 Å². The largest absolute Gasteiger partial charge is 0.362 e. The van der Waals surface area contributed by atoms with E-state index in [0.717, 1.165) is 12.2 Å². The lowest BCUT2D eigenvalue weighted by Crippen LogP contribution is -2.32. The number of rotatable bonds is 3. The third-order valence-corrected chi connectivity index (χ3v) is 4.84. The van der Waals surface area contributed by atoms with Crippen LogP contribution in [0.5, 0.6) is 0 Å². The summed E-state index contributed by atoms with van der Waals surface area (Å²) in [6.07, 6.45) is 2.66. The van der Waals surface area contributed by atoms with E-state index in [0.29, 0.717) is 11.4 Å². The van der Waals surface area contributed by atoms with Gasteiger partial charge in [0.15, 0.2) is 0 Å². The van der Waals surface area contributed by atoms with Gasteiger partial charge in [-0.3, -0.25) is 4.79 Å². The number of carbonyl (C=O) groups excluding carboxylic acids is 1. The van der Waals surface area contributed by atoms with Gasteiger partial charge in [-0.15, -0.1) is 11.8 Å². The van der Waals surface area contributed by atoms with Gasteiger partial charge < -0.3 is 10.2 Å². The standard InChI is InChI=1S/C17H19N3OS/c1-20(2)16-13(7-5-10-18-16)17(21)19-14-9-11-22-15-8-4-3-6-12(14)15/h3-8,10,14H,9,11H2,1-2H3,(H,19,21)/t14-/m1/s1. The number of hydrogen-bond donors (Lipinski definition) is 1. The summed E-state index contributed by atoms with van der Waals surface area (Å²) in [4.78, 5) is 20.1. The van der Waals surface area contributed by atoms with E-state index in [2.05, 4.69) is 22.4 Å². The molecular formula is C17H19N3OS. The van der Waals surface area contributed by atoms with Crippen molar-refractivity contribution in [1.29, 1.82) is 0 Å². The van der Waals surface area contributed by atoms with Gasteiger partial charge in [0.25, 0.3) is 5.91 Å². The second-order valence-corrected chi connectivity index (χ2v) is 6.61. The molecule has 2 heterocycles. The summed E-state index contributed by atoms with van der Waals surface area (Å²) < 4.78 is 0. The molecule has 1 N–H and O–H groups in total. The maximum Gasteiger partial charge on any atom is 0.255 e. The van der Waals surface area contributed by atoms with Crippen LogP contribution in [0.25, 0.3) is 0 Å². The Kier molecular flexibility index (Phi) is 4.34. The zero-order valence-electron chi connectivity index (χ0n) is 12.7. The molecule has 0 unspecified atom stereocenters. The van der Waals surface area contributed by atoms with Crippen molar-refractivity contribution < 1.29 is 4.79 Å². The average Bonchev–Trinajstić information content (AvgIpc) is 2.55. The number of anilines is 1. The van der Waals surface area contributed by atoms with E-state index in [-0.39, 0.29) is 11.9 Å². The molecule has 114 valence electrons. The Balaban J connectivity index is 1.84. The van der Waals surface area contributed by atoms with Crippen LogP contribution in [0, 0.1) is 0 Å². The molecule has 0 radical (unpaired) electrons. The van der Waals surface area contributed by atoms with Gasteiger partial charge in [0.1, 0.15) is 5.82 Å². The predicted molar refractivity (Wildman–Crippen MR) is 90.6 cm³/mol. The summed E-state index contributed by atoms with van der Waals surface area (Å²) >= 11 is 1.85. The monoisotopic (exact) mass is 313 g/mol. The Bertz CT molecular complexity index is 687.